The second kappa shape index (κ2) is 13.3. The van der Waals surface area contributed by atoms with Crippen LogP contribution < -0.4 is 24.8 Å². The van der Waals surface area contributed by atoms with Crippen molar-refractivity contribution >= 4 is 3.81 Å². The summed E-state index contributed by atoms with van der Waals surface area (Å²) in [5.74, 6) is 0. The molecule has 0 fully saturated rings. The fourth-order valence-electron chi connectivity index (χ4n) is 1.84. The van der Waals surface area contributed by atoms with Gasteiger partial charge in [0.25, 0.3) is 0 Å². The summed E-state index contributed by atoms with van der Waals surface area (Å²) in [6, 6.07) is 0. The SMILES string of the molecule is CC(C)(C)C1=[C-]CC=C1.CC(C)(C)C1=[C-]CC=C1.C[C](C)=[Ti+2].[Cl-].[Cl-]. The van der Waals surface area contributed by atoms with E-state index in [2.05, 4.69) is 112 Å². The van der Waals surface area contributed by atoms with Gasteiger partial charge in [-0.25, -0.2) is 23.3 Å². The second-order valence-corrected chi connectivity index (χ2v) is 9.46. The average molecular weight is 403 g/mol. The molecule has 3 heteroatoms. The van der Waals surface area contributed by atoms with E-state index in [1.54, 1.807) is 0 Å². The Morgan fingerprint density at radius 1 is 0.792 bits per heavy atom. The minimum absolute atomic E-state index is 0. The van der Waals surface area contributed by atoms with Crippen LogP contribution in [-0.4, -0.2) is 3.81 Å². The van der Waals surface area contributed by atoms with Crippen LogP contribution in [-0.2, 0) is 20.0 Å². The van der Waals surface area contributed by atoms with Gasteiger partial charge in [-0.15, -0.1) is 12.8 Å². The third-order valence-corrected chi connectivity index (χ3v) is 3.01. The zero-order chi connectivity index (χ0) is 17.4. The van der Waals surface area contributed by atoms with E-state index in [9.17, 15) is 0 Å². The number of hydrogen-bond donors (Lipinski definition) is 0. The number of rotatable bonds is 0. The molecule has 2 aliphatic carbocycles. The predicted octanol–water partition coefficient (Wildman–Crippen LogP) is 0.197. The average Bonchev–Trinajstić information content (AvgIpc) is 3.02. The van der Waals surface area contributed by atoms with Gasteiger partial charge >= 0.3 is 37.6 Å². The first kappa shape index (κ1) is 28.9. The van der Waals surface area contributed by atoms with E-state index in [1.165, 1.54) is 15.0 Å². The monoisotopic (exact) mass is 402 g/mol. The van der Waals surface area contributed by atoms with Crippen molar-refractivity contribution < 1.29 is 44.8 Å². The first-order valence-corrected chi connectivity index (χ1v) is 8.80. The van der Waals surface area contributed by atoms with Gasteiger partial charge in [-0.2, -0.15) is 12.2 Å². The van der Waals surface area contributed by atoms with E-state index >= 15 is 0 Å². The molecule has 0 N–H and O–H groups in total. The quantitative estimate of drug-likeness (QED) is 0.401. The summed E-state index contributed by atoms with van der Waals surface area (Å²) in [4.78, 5) is 0. The van der Waals surface area contributed by atoms with E-state index < -0.39 is 0 Å². The third-order valence-electron chi connectivity index (χ3n) is 3.01. The smallest absolute Gasteiger partial charge is 1.00 e. The molecule has 24 heavy (non-hydrogen) atoms. The zero-order valence-corrected chi connectivity index (χ0v) is 19.6. The van der Waals surface area contributed by atoms with Crippen molar-refractivity contribution in [1.82, 2.24) is 0 Å². The zero-order valence-electron chi connectivity index (χ0n) is 16.5. The molecule has 2 aliphatic rings. The van der Waals surface area contributed by atoms with E-state index in [0.29, 0.717) is 10.8 Å². The first-order chi connectivity index (χ1) is 9.94. The van der Waals surface area contributed by atoms with E-state index in [1.807, 2.05) is 0 Å². The van der Waals surface area contributed by atoms with Crippen LogP contribution in [0.15, 0.2) is 35.5 Å². The Balaban J connectivity index is -0.000000283. The summed E-state index contributed by atoms with van der Waals surface area (Å²) in [6.45, 7) is 17.4. The van der Waals surface area contributed by atoms with Crippen molar-refractivity contribution in [2.45, 2.75) is 68.2 Å². The summed E-state index contributed by atoms with van der Waals surface area (Å²) in [7, 11) is 0. The predicted molar refractivity (Wildman–Crippen MR) is 96.3 cm³/mol. The maximum absolute atomic E-state index is 3.30. The Hall–Kier alpha value is 0.124. The number of halogens is 2. The Morgan fingerprint density at radius 2 is 1.04 bits per heavy atom. The van der Waals surface area contributed by atoms with Crippen LogP contribution in [0.3, 0.4) is 0 Å². The molecular formula is C21H32Cl2Ti-2. The molecule has 0 radical (unpaired) electrons. The Kier molecular flexibility index (Phi) is 16.1. The van der Waals surface area contributed by atoms with Crippen LogP contribution in [0, 0.1) is 23.0 Å². The van der Waals surface area contributed by atoms with Gasteiger partial charge in [-0.05, 0) is 10.8 Å². The van der Waals surface area contributed by atoms with Crippen LogP contribution in [0.25, 0.3) is 0 Å². The van der Waals surface area contributed by atoms with E-state index in [0.717, 1.165) is 12.8 Å². The largest absolute Gasteiger partial charge is 1.00 e. The van der Waals surface area contributed by atoms with Crippen molar-refractivity contribution in [3.05, 3.63) is 47.6 Å². The van der Waals surface area contributed by atoms with Gasteiger partial charge in [0.15, 0.2) is 0 Å². The Bertz CT molecular complexity index is 437. The van der Waals surface area contributed by atoms with Crippen molar-refractivity contribution in [1.29, 1.82) is 0 Å². The molecule has 0 saturated carbocycles. The number of allylic oxidation sites excluding steroid dienone is 8. The summed E-state index contributed by atoms with van der Waals surface area (Å²) < 4.78 is 1.42. The molecule has 0 heterocycles. The number of hydrogen-bond acceptors (Lipinski definition) is 0. The Morgan fingerprint density at radius 3 is 1.12 bits per heavy atom. The molecule has 0 bridgehead atoms. The van der Waals surface area contributed by atoms with Crippen LogP contribution in [0.4, 0.5) is 0 Å². The van der Waals surface area contributed by atoms with Gasteiger partial charge in [0.2, 0.25) is 0 Å². The van der Waals surface area contributed by atoms with Crippen molar-refractivity contribution in [2.24, 2.45) is 10.8 Å². The Labute approximate surface area is 174 Å². The van der Waals surface area contributed by atoms with Gasteiger partial charge in [0.05, 0.1) is 0 Å². The molecule has 0 aromatic heterocycles. The molecule has 0 aromatic carbocycles. The molecule has 0 saturated heterocycles. The van der Waals surface area contributed by atoms with E-state index in [-0.39, 0.29) is 24.8 Å². The third kappa shape index (κ3) is 14.5. The molecule has 2 rings (SSSR count). The summed E-state index contributed by atoms with van der Waals surface area (Å²) in [6.07, 6.45) is 17.3. The van der Waals surface area contributed by atoms with Crippen LogP contribution in [0.1, 0.15) is 68.2 Å². The van der Waals surface area contributed by atoms with Crippen molar-refractivity contribution in [3.8, 4) is 0 Å². The topological polar surface area (TPSA) is 0 Å². The minimum Gasteiger partial charge on any atom is -1.00 e. The molecular weight excluding hydrogens is 371 g/mol. The normalized spacial score (nSPS) is 14.9. The molecule has 136 valence electrons. The van der Waals surface area contributed by atoms with Crippen molar-refractivity contribution in [3.63, 3.8) is 0 Å². The maximum atomic E-state index is 3.30. The summed E-state index contributed by atoms with van der Waals surface area (Å²) >= 11 is 2.08. The summed E-state index contributed by atoms with van der Waals surface area (Å²) in [5, 5.41) is 0. The van der Waals surface area contributed by atoms with Gasteiger partial charge < -0.3 is 24.8 Å². The molecule has 0 nitrogen and oxygen atoms in total. The molecule has 0 spiro atoms. The second-order valence-electron chi connectivity index (χ2n) is 7.89. The fraction of sp³-hybridized carbons (Fsp3) is 0.571. The molecule has 0 atom stereocenters. The van der Waals surface area contributed by atoms with Gasteiger partial charge in [0, 0.05) is 0 Å². The molecule has 0 aromatic rings. The van der Waals surface area contributed by atoms with Crippen LogP contribution in [0.5, 0.6) is 0 Å². The van der Waals surface area contributed by atoms with Gasteiger partial charge in [-0.3, -0.25) is 12.2 Å². The van der Waals surface area contributed by atoms with Crippen LogP contribution in [0.2, 0.25) is 0 Å². The molecule has 0 unspecified atom stereocenters. The van der Waals surface area contributed by atoms with Crippen LogP contribution >= 0.6 is 0 Å². The van der Waals surface area contributed by atoms with Gasteiger partial charge in [-0.1, -0.05) is 41.5 Å². The molecule has 0 aliphatic heterocycles. The fourth-order valence-corrected chi connectivity index (χ4v) is 1.84. The summed E-state index contributed by atoms with van der Waals surface area (Å²) in [5.41, 5.74) is 3.30. The minimum atomic E-state index is 0. The molecule has 0 amide bonds. The first-order valence-electron chi connectivity index (χ1n) is 8.02. The van der Waals surface area contributed by atoms with E-state index in [4.69, 9.17) is 0 Å². The standard InChI is InChI=1S/2C9H13.C3H6.2ClH.Ti/c2*1-9(2,3)8-6-4-5-7-8;1-3-2;;;/h2*4,6H,5H2,1-3H3;1-2H3;2*1H;/q2*-1;;;;+2/p-2. The maximum Gasteiger partial charge on any atom is -1.00 e. The van der Waals surface area contributed by atoms with Crippen molar-refractivity contribution in [2.75, 3.05) is 0 Å². The van der Waals surface area contributed by atoms with Gasteiger partial charge in [0.1, 0.15) is 0 Å².